The van der Waals surface area contributed by atoms with Crippen LogP contribution in [0.25, 0.3) is 0 Å². The molecular formula is C17H20N2O. The smallest absolute Gasteiger partial charge is 0.251 e. The first-order chi connectivity index (χ1) is 9.66. The molecule has 2 rings (SSSR count). The van der Waals surface area contributed by atoms with Gasteiger partial charge >= 0.3 is 0 Å². The summed E-state index contributed by atoms with van der Waals surface area (Å²) in [6.45, 7) is 2.83. The van der Waals surface area contributed by atoms with E-state index < -0.39 is 0 Å². The maximum absolute atomic E-state index is 11.9. The highest BCUT2D eigenvalue weighted by atomic mass is 16.1. The fourth-order valence-electron chi connectivity index (χ4n) is 2.13. The van der Waals surface area contributed by atoms with Gasteiger partial charge in [-0.25, -0.2) is 0 Å². The zero-order chi connectivity index (χ0) is 14.4. The third-order valence-electron chi connectivity index (χ3n) is 3.38. The Labute approximate surface area is 119 Å². The van der Waals surface area contributed by atoms with Crippen molar-refractivity contribution in [3.05, 3.63) is 65.7 Å². The first-order valence-corrected chi connectivity index (χ1v) is 6.85. The van der Waals surface area contributed by atoms with Gasteiger partial charge in [0.15, 0.2) is 0 Å². The molecule has 0 saturated heterocycles. The monoisotopic (exact) mass is 268 g/mol. The number of nitrogens with two attached hydrogens (primary N) is 1. The average molecular weight is 268 g/mol. The third-order valence-corrected chi connectivity index (χ3v) is 3.38. The fraction of sp³-hybridized carbons (Fsp3) is 0.235. The number of rotatable bonds is 5. The summed E-state index contributed by atoms with van der Waals surface area (Å²) in [5.41, 5.74) is 8.18. The molecule has 0 aromatic heterocycles. The predicted molar refractivity (Wildman–Crippen MR) is 82.7 cm³/mol. The molecule has 0 bridgehead atoms. The number of hydrogen-bond donors (Lipinski definition) is 2. The molecule has 0 saturated carbocycles. The Kier molecular flexibility index (Phi) is 4.77. The molecule has 20 heavy (non-hydrogen) atoms. The molecular weight excluding hydrogens is 248 g/mol. The second-order valence-corrected chi connectivity index (χ2v) is 4.98. The van der Waals surface area contributed by atoms with Gasteiger partial charge in [0.2, 0.25) is 0 Å². The molecule has 2 aromatic rings. The molecule has 3 nitrogen and oxygen atoms in total. The quantitative estimate of drug-likeness (QED) is 0.818. The number of nitrogen functional groups attached to an aromatic ring is 1. The number of benzene rings is 2. The fourth-order valence-corrected chi connectivity index (χ4v) is 2.13. The minimum Gasteiger partial charge on any atom is -0.399 e. The van der Waals surface area contributed by atoms with Crippen molar-refractivity contribution < 1.29 is 4.79 Å². The van der Waals surface area contributed by atoms with E-state index in [2.05, 4.69) is 24.4 Å². The number of carbonyl (C=O) groups is 1. The van der Waals surface area contributed by atoms with E-state index in [0.717, 1.165) is 6.42 Å². The van der Waals surface area contributed by atoms with E-state index in [9.17, 15) is 4.79 Å². The molecule has 3 N–H and O–H groups in total. The lowest BCUT2D eigenvalue weighted by atomic mass is 9.98. The van der Waals surface area contributed by atoms with Crippen molar-refractivity contribution in [1.82, 2.24) is 5.32 Å². The third kappa shape index (κ3) is 3.85. The summed E-state index contributed by atoms with van der Waals surface area (Å²) in [5, 5.41) is 2.93. The van der Waals surface area contributed by atoms with Crippen molar-refractivity contribution in [3.63, 3.8) is 0 Å². The van der Waals surface area contributed by atoms with Crippen LogP contribution in [0.5, 0.6) is 0 Å². The van der Waals surface area contributed by atoms with E-state index in [1.54, 1.807) is 24.3 Å². The minimum absolute atomic E-state index is 0.0717. The molecule has 104 valence electrons. The largest absolute Gasteiger partial charge is 0.399 e. The highest BCUT2D eigenvalue weighted by molar-refractivity contribution is 5.94. The number of carbonyl (C=O) groups excluding carboxylic acids is 1. The highest BCUT2D eigenvalue weighted by Gasteiger charge is 2.08. The summed E-state index contributed by atoms with van der Waals surface area (Å²) in [5.74, 6) is 0.356. The number of amides is 1. The zero-order valence-electron chi connectivity index (χ0n) is 11.7. The Morgan fingerprint density at radius 2 is 1.90 bits per heavy atom. The summed E-state index contributed by atoms with van der Waals surface area (Å²) in [7, 11) is 0. The van der Waals surface area contributed by atoms with Gasteiger partial charge in [0, 0.05) is 17.8 Å². The molecule has 0 radical (unpaired) electrons. The molecule has 0 aliphatic rings. The Balaban J connectivity index is 1.83. The van der Waals surface area contributed by atoms with Crippen molar-refractivity contribution in [3.8, 4) is 0 Å². The first-order valence-electron chi connectivity index (χ1n) is 6.85. The lowest BCUT2D eigenvalue weighted by Crippen LogP contribution is -2.25. The normalized spacial score (nSPS) is 11.8. The van der Waals surface area contributed by atoms with Crippen molar-refractivity contribution in [2.75, 3.05) is 12.3 Å². The van der Waals surface area contributed by atoms with E-state index >= 15 is 0 Å². The van der Waals surface area contributed by atoms with Crippen LogP contribution >= 0.6 is 0 Å². The van der Waals surface area contributed by atoms with E-state index in [1.807, 2.05) is 18.2 Å². The van der Waals surface area contributed by atoms with Gasteiger partial charge in [0.25, 0.3) is 5.91 Å². The van der Waals surface area contributed by atoms with E-state index in [4.69, 9.17) is 5.73 Å². The molecule has 2 aromatic carbocycles. The summed E-state index contributed by atoms with van der Waals surface area (Å²) in [6.07, 6.45) is 0.915. The van der Waals surface area contributed by atoms with Crippen LogP contribution in [0.1, 0.15) is 35.2 Å². The van der Waals surface area contributed by atoms with Gasteiger partial charge in [0.1, 0.15) is 0 Å². The second-order valence-electron chi connectivity index (χ2n) is 4.98. The summed E-state index contributed by atoms with van der Waals surface area (Å²) in [4.78, 5) is 11.9. The average Bonchev–Trinajstić information content (AvgIpc) is 2.48. The van der Waals surface area contributed by atoms with Crippen molar-refractivity contribution in [1.29, 1.82) is 0 Å². The Morgan fingerprint density at radius 1 is 1.15 bits per heavy atom. The molecule has 0 aliphatic carbocycles. The molecule has 3 heteroatoms. The van der Waals surface area contributed by atoms with E-state index in [1.165, 1.54) is 5.56 Å². The molecule has 0 spiro atoms. The molecule has 0 heterocycles. The minimum atomic E-state index is -0.0717. The lowest BCUT2D eigenvalue weighted by Gasteiger charge is -2.12. The van der Waals surface area contributed by atoms with Gasteiger partial charge in [-0.3, -0.25) is 4.79 Å². The second kappa shape index (κ2) is 6.75. The summed E-state index contributed by atoms with van der Waals surface area (Å²) < 4.78 is 0. The van der Waals surface area contributed by atoms with Gasteiger partial charge in [-0.2, -0.15) is 0 Å². The van der Waals surface area contributed by atoms with Gasteiger partial charge in [0.05, 0.1) is 0 Å². The van der Waals surface area contributed by atoms with Crippen molar-refractivity contribution in [2.24, 2.45) is 0 Å². The SMILES string of the molecule is CC(CCNC(=O)c1cccc(N)c1)c1ccccc1. The van der Waals surface area contributed by atoms with Crippen LogP contribution in [0.3, 0.4) is 0 Å². The molecule has 1 unspecified atom stereocenters. The molecule has 1 atom stereocenters. The Hall–Kier alpha value is -2.29. The topological polar surface area (TPSA) is 55.1 Å². The van der Waals surface area contributed by atoms with Gasteiger partial charge in [-0.05, 0) is 36.1 Å². The zero-order valence-corrected chi connectivity index (χ0v) is 11.7. The van der Waals surface area contributed by atoms with Crippen LogP contribution in [0.4, 0.5) is 5.69 Å². The number of hydrogen-bond acceptors (Lipinski definition) is 2. The maximum Gasteiger partial charge on any atom is 0.251 e. The maximum atomic E-state index is 11.9. The Morgan fingerprint density at radius 3 is 2.60 bits per heavy atom. The number of nitrogens with one attached hydrogen (secondary N) is 1. The van der Waals surface area contributed by atoms with Crippen LogP contribution < -0.4 is 11.1 Å². The summed E-state index contributed by atoms with van der Waals surface area (Å²) >= 11 is 0. The van der Waals surface area contributed by atoms with Crippen LogP contribution in [-0.4, -0.2) is 12.5 Å². The van der Waals surface area contributed by atoms with Crippen LogP contribution in [0.15, 0.2) is 54.6 Å². The van der Waals surface area contributed by atoms with Crippen LogP contribution in [0.2, 0.25) is 0 Å². The standard InChI is InChI=1S/C17H20N2O/c1-13(14-6-3-2-4-7-14)10-11-19-17(20)15-8-5-9-16(18)12-15/h2-9,12-13H,10-11,18H2,1H3,(H,19,20). The molecule has 0 aliphatic heterocycles. The first kappa shape index (κ1) is 14.1. The van der Waals surface area contributed by atoms with E-state index in [-0.39, 0.29) is 5.91 Å². The highest BCUT2D eigenvalue weighted by Crippen LogP contribution is 2.17. The van der Waals surface area contributed by atoms with Crippen molar-refractivity contribution in [2.45, 2.75) is 19.3 Å². The van der Waals surface area contributed by atoms with E-state index in [0.29, 0.717) is 23.7 Å². The molecule has 1 amide bonds. The summed E-state index contributed by atoms with van der Waals surface area (Å²) in [6, 6.07) is 17.3. The van der Waals surface area contributed by atoms with Crippen molar-refractivity contribution >= 4 is 11.6 Å². The van der Waals surface area contributed by atoms with Gasteiger partial charge in [-0.1, -0.05) is 43.3 Å². The van der Waals surface area contributed by atoms with Crippen LogP contribution in [-0.2, 0) is 0 Å². The number of anilines is 1. The van der Waals surface area contributed by atoms with Gasteiger partial charge < -0.3 is 11.1 Å². The van der Waals surface area contributed by atoms with Gasteiger partial charge in [-0.15, -0.1) is 0 Å². The predicted octanol–water partition coefficient (Wildman–Crippen LogP) is 3.19. The van der Waals surface area contributed by atoms with Crippen LogP contribution in [0, 0.1) is 0 Å². The molecule has 0 fully saturated rings. The Bertz CT molecular complexity index is 566. The lowest BCUT2D eigenvalue weighted by molar-refractivity contribution is 0.0952.